The summed E-state index contributed by atoms with van der Waals surface area (Å²) in [5.41, 5.74) is 1.94. The zero-order valence-corrected chi connectivity index (χ0v) is 15.7. The maximum Gasteiger partial charge on any atom is 0.119 e. The Kier molecular flexibility index (Phi) is 6.13. The highest BCUT2D eigenvalue weighted by Crippen LogP contribution is 2.36. The summed E-state index contributed by atoms with van der Waals surface area (Å²) in [5, 5.41) is 3.47. The molecule has 2 heteroatoms. The van der Waals surface area contributed by atoms with E-state index in [0.717, 1.165) is 31.2 Å². The number of rotatable bonds is 6. The van der Waals surface area contributed by atoms with Gasteiger partial charge in [0.05, 0.1) is 6.61 Å². The van der Waals surface area contributed by atoms with Crippen LogP contribution in [0.2, 0.25) is 0 Å². The molecule has 1 saturated heterocycles. The summed E-state index contributed by atoms with van der Waals surface area (Å²) in [7, 11) is 0. The normalized spacial score (nSPS) is 19.6. The van der Waals surface area contributed by atoms with Gasteiger partial charge in [-0.3, -0.25) is 0 Å². The molecule has 1 aliphatic heterocycles. The van der Waals surface area contributed by atoms with Crippen molar-refractivity contribution in [3.8, 4) is 5.75 Å². The molecular weight excluding hydrogens is 282 g/mol. The van der Waals surface area contributed by atoms with Gasteiger partial charge in [0.25, 0.3) is 0 Å². The van der Waals surface area contributed by atoms with Crippen molar-refractivity contribution in [3.63, 3.8) is 0 Å². The van der Waals surface area contributed by atoms with Crippen LogP contribution in [-0.4, -0.2) is 19.7 Å². The molecule has 0 aromatic heterocycles. The third-order valence-corrected chi connectivity index (χ3v) is 4.80. The molecule has 130 valence electrons. The predicted octanol–water partition coefficient (Wildman–Crippen LogP) is 5.17. The molecule has 2 nitrogen and oxygen atoms in total. The quantitative estimate of drug-likeness (QED) is 0.781. The Morgan fingerprint density at radius 1 is 1.09 bits per heavy atom. The highest BCUT2D eigenvalue weighted by Gasteiger charge is 2.27. The van der Waals surface area contributed by atoms with Gasteiger partial charge < -0.3 is 10.1 Å². The lowest BCUT2D eigenvalue weighted by molar-refractivity contribution is 0.253. The second-order valence-electron chi connectivity index (χ2n) is 9.00. The van der Waals surface area contributed by atoms with E-state index in [1.807, 2.05) is 0 Å². The Balaban J connectivity index is 1.84. The van der Waals surface area contributed by atoms with Gasteiger partial charge in [0.2, 0.25) is 0 Å². The van der Waals surface area contributed by atoms with Gasteiger partial charge in [-0.2, -0.15) is 0 Å². The predicted molar refractivity (Wildman–Crippen MR) is 99.2 cm³/mol. The van der Waals surface area contributed by atoms with Crippen LogP contribution in [0.15, 0.2) is 24.3 Å². The molecule has 0 bridgehead atoms. The Hall–Kier alpha value is -1.02. The van der Waals surface area contributed by atoms with Gasteiger partial charge in [0, 0.05) is 0 Å². The number of hydrogen-bond donors (Lipinski definition) is 1. The Morgan fingerprint density at radius 3 is 2.35 bits per heavy atom. The van der Waals surface area contributed by atoms with Crippen molar-refractivity contribution >= 4 is 0 Å². The van der Waals surface area contributed by atoms with Crippen LogP contribution < -0.4 is 10.1 Å². The smallest absolute Gasteiger partial charge is 0.119 e. The van der Waals surface area contributed by atoms with Gasteiger partial charge >= 0.3 is 0 Å². The summed E-state index contributed by atoms with van der Waals surface area (Å²) >= 11 is 0. The molecular formula is C21H35NO. The van der Waals surface area contributed by atoms with Crippen molar-refractivity contribution in [2.24, 2.45) is 11.3 Å². The van der Waals surface area contributed by atoms with Crippen LogP contribution in [0.4, 0.5) is 0 Å². The van der Waals surface area contributed by atoms with Crippen LogP contribution in [0, 0.1) is 11.3 Å². The van der Waals surface area contributed by atoms with E-state index in [2.05, 4.69) is 64.2 Å². The van der Waals surface area contributed by atoms with Crippen molar-refractivity contribution in [2.45, 2.75) is 65.7 Å². The minimum Gasteiger partial charge on any atom is -0.494 e. The first kappa shape index (κ1) is 18.3. The molecule has 1 unspecified atom stereocenters. The summed E-state index contributed by atoms with van der Waals surface area (Å²) < 4.78 is 5.95. The van der Waals surface area contributed by atoms with Gasteiger partial charge in [0.15, 0.2) is 0 Å². The summed E-state index contributed by atoms with van der Waals surface area (Å²) in [6.45, 7) is 14.8. The Labute approximate surface area is 143 Å². The molecule has 1 aromatic carbocycles. The molecule has 0 saturated carbocycles. The fourth-order valence-electron chi connectivity index (χ4n) is 3.94. The lowest BCUT2D eigenvalue weighted by atomic mass is 9.72. The van der Waals surface area contributed by atoms with E-state index in [1.54, 1.807) is 0 Å². The third kappa shape index (κ3) is 6.18. The van der Waals surface area contributed by atoms with Crippen LogP contribution >= 0.6 is 0 Å². The molecule has 0 radical (unpaired) electrons. The number of ether oxygens (including phenoxy) is 1. The maximum absolute atomic E-state index is 5.95. The summed E-state index contributed by atoms with van der Waals surface area (Å²) in [6.07, 6.45) is 4.98. The highest BCUT2D eigenvalue weighted by atomic mass is 16.5. The van der Waals surface area contributed by atoms with Crippen LogP contribution in [0.1, 0.15) is 65.9 Å². The van der Waals surface area contributed by atoms with Crippen LogP contribution in [0.25, 0.3) is 0 Å². The highest BCUT2D eigenvalue weighted by molar-refractivity contribution is 5.31. The topological polar surface area (TPSA) is 21.3 Å². The average molecular weight is 318 g/mol. The van der Waals surface area contributed by atoms with E-state index < -0.39 is 0 Å². The molecule has 1 aliphatic rings. The summed E-state index contributed by atoms with van der Waals surface area (Å²) in [4.78, 5) is 0. The van der Waals surface area contributed by atoms with Crippen molar-refractivity contribution in [1.82, 2.24) is 5.32 Å². The lowest BCUT2D eigenvalue weighted by Gasteiger charge is -2.33. The molecule has 0 amide bonds. The number of benzene rings is 1. The van der Waals surface area contributed by atoms with Gasteiger partial charge in [-0.1, -0.05) is 46.8 Å². The van der Waals surface area contributed by atoms with Crippen molar-refractivity contribution < 1.29 is 4.74 Å². The van der Waals surface area contributed by atoms with Gasteiger partial charge in [-0.25, -0.2) is 0 Å². The minimum absolute atomic E-state index is 0.199. The van der Waals surface area contributed by atoms with Crippen molar-refractivity contribution in [3.05, 3.63) is 29.8 Å². The average Bonchev–Trinajstić information content (AvgIpc) is 2.46. The van der Waals surface area contributed by atoms with E-state index in [9.17, 15) is 0 Å². The van der Waals surface area contributed by atoms with Gasteiger partial charge in [-0.15, -0.1) is 0 Å². The molecule has 2 rings (SSSR count). The fourth-order valence-corrected chi connectivity index (χ4v) is 3.94. The zero-order valence-electron chi connectivity index (χ0n) is 15.7. The number of hydrogen-bond acceptors (Lipinski definition) is 2. The third-order valence-electron chi connectivity index (χ3n) is 4.80. The Bertz CT molecular complexity index is 464. The van der Waals surface area contributed by atoms with Crippen LogP contribution in [0.5, 0.6) is 5.75 Å². The summed E-state index contributed by atoms with van der Waals surface area (Å²) in [6, 6.07) is 8.75. The van der Waals surface area contributed by atoms with Gasteiger partial charge in [0.1, 0.15) is 5.75 Å². The van der Waals surface area contributed by atoms with E-state index in [-0.39, 0.29) is 5.41 Å². The largest absolute Gasteiger partial charge is 0.494 e. The molecule has 1 fully saturated rings. The molecule has 23 heavy (non-hydrogen) atoms. The fraction of sp³-hybridized carbons (Fsp3) is 0.714. The minimum atomic E-state index is 0.199. The lowest BCUT2D eigenvalue weighted by Crippen LogP contribution is -2.30. The van der Waals surface area contributed by atoms with Crippen molar-refractivity contribution in [2.75, 3.05) is 19.7 Å². The van der Waals surface area contributed by atoms with Crippen LogP contribution in [-0.2, 0) is 5.41 Å². The van der Waals surface area contributed by atoms with E-state index in [0.29, 0.717) is 5.41 Å². The number of piperidine rings is 1. The maximum atomic E-state index is 5.95. The molecule has 1 atom stereocenters. The first-order valence-electron chi connectivity index (χ1n) is 9.20. The van der Waals surface area contributed by atoms with Crippen LogP contribution in [0.3, 0.4) is 0 Å². The first-order valence-corrected chi connectivity index (χ1v) is 9.20. The van der Waals surface area contributed by atoms with Crippen molar-refractivity contribution in [1.29, 1.82) is 0 Å². The zero-order chi connectivity index (χ0) is 16.9. The Morgan fingerprint density at radius 2 is 1.78 bits per heavy atom. The molecule has 0 spiro atoms. The van der Waals surface area contributed by atoms with E-state index in [1.165, 1.54) is 31.4 Å². The molecule has 1 aromatic rings. The first-order chi connectivity index (χ1) is 10.8. The second kappa shape index (κ2) is 7.70. The van der Waals surface area contributed by atoms with E-state index in [4.69, 9.17) is 4.74 Å². The van der Waals surface area contributed by atoms with E-state index >= 15 is 0 Å². The summed E-state index contributed by atoms with van der Waals surface area (Å²) in [5.74, 6) is 1.79. The standard InChI is InChI=1S/C21H35NO/c1-20(2,3)16-21(4,5)18-8-10-19(11-9-18)23-14-12-17-7-6-13-22-15-17/h8-11,17,22H,6-7,12-16H2,1-5H3. The monoisotopic (exact) mass is 317 g/mol. The SMILES string of the molecule is CC(C)(C)CC(C)(C)c1ccc(OCCC2CCCNC2)cc1. The number of nitrogens with one attached hydrogen (secondary N) is 1. The molecule has 1 heterocycles. The second-order valence-corrected chi connectivity index (χ2v) is 9.00. The van der Waals surface area contributed by atoms with Gasteiger partial charge in [-0.05, 0) is 73.2 Å². The molecule has 1 N–H and O–H groups in total. The molecule has 0 aliphatic carbocycles.